The standard InChI is InChI=1S/C18H27N/c1-13-11-18(2,3)12-17(13)19-16-10-6-8-14-7-4-5-9-15(14)16/h6,8,10,13,17,19H,4-5,7,9,11-12H2,1-3H3. The zero-order valence-electron chi connectivity index (χ0n) is 12.6. The second-order valence-electron chi connectivity index (χ2n) is 7.45. The smallest absolute Gasteiger partial charge is 0.0377 e. The van der Waals surface area contributed by atoms with E-state index in [0.717, 1.165) is 5.92 Å². The zero-order valence-corrected chi connectivity index (χ0v) is 12.6. The van der Waals surface area contributed by atoms with E-state index in [1.807, 2.05) is 0 Å². The van der Waals surface area contributed by atoms with Crippen molar-refractivity contribution >= 4 is 5.69 Å². The maximum absolute atomic E-state index is 3.87. The summed E-state index contributed by atoms with van der Waals surface area (Å²) in [4.78, 5) is 0. The van der Waals surface area contributed by atoms with Gasteiger partial charge in [-0.3, -0.25) is 0 Å². The molecule has 2 unspecified atom stereocenters. The Morgan fingerprint density at radius 2 is 1.89 bits per heavy atom. The van der Waals surface area contributed by atoms with E-state index in [1.54, 1.807) is 11.1 Å². The molecule has 1 fully saturated rings. The van der Waals surface area contributed by atoms with Crippen LogP contribution in [0.4, 0.5) is 5.69 Å². The molecule has 0 bridgehead atoms. The monoisotopic (exact) mass is 257 g/mol. The first-order chi connectivity index (χ1) is 9.05. The van der Waals surface area contributed by atoms with Gasteiger partial charge < -0.3 is 5.32 Å². The lowest BCUT2D eigenvalue weighted by Crippen LogP contribution is -2.24. The second kappa shape index (κ2) is 4.85. The van der Waals surface area contributed by atoms with Gasteiger partial charge >= 0.3 is 0 Å². The van der Waals surface area contributed by atoms with Crippen molar-refractivity contribution in [2.75, 3.05) is 5.32 Å². The largest absolute Gasteiger partial charge is 0.382 e. The third-order valence-corrected chi connectivity index (χ3v) is 5.07. The summed E-state index contributed by atoms with van der Waals surface area (Å²) in [7, 11) is 0. The molecule has 0 radical (unpaired) electrons. The molecule has 19 heavy (non-hydrogen) atoms. The summed E-state index contributed by atoms with van der Waals surface area (Å²) in [5.74, 6) is 0.787. The van der Waals surface area contributed by atoms with E-state index >= 15 is 0 Å². The van der Waals surface area contributed by atoms with E-state index in [9.17, 15) is 0 Å². The Kier molecular flexibility index (Phi) is 3.32. The summed E-state index contributed by atoms with van der Waals surface area (Å²) in [5, 5.41) is 3.87. The van der Waals surface area contributed by atoms with Crippen molar-refractivity contribution in [1.82, 2.24) is 0 Å². The van der Waals surface area contributed by atoms with Crippen LogP contribution in [-0.4, -0.2) is 6.04 Å². The molecule has 2 atom stereocenters. The Morgan fingerprint density at radius 1 is 1.11 bits per heavy atom. The van der Waals surface area contributed by atoms with Crippen LogP contribution in [0.2, 0.25) is 0 Å². The Morgan fingerprint density at radius 3 is 2.63 bits per heavy atom. The van der Waals surface area contributed by atoms with Gasteiger partial charge in [-0.1, -0.05) is 32.9 Å². The number of rotatable bonds is 2. The summed E-state index contributed by atoms with van der Waals surface area (Å²) in [6.07, 6.45) is 7.91. The van der Waals surface area contributed by atoms with Gasteiger partial charge in [0.2, 0.25) is 0 Å². The lowest BCUT2D eigenvalue weighted by molar-refractivity contribution is 0.366. The minimum Gasteiger partial charge on any atom is -0.382 e. The number of aryl methyl sites for hydroxylation is 1. The van der Waals surface area contributed by atoms with Crippen molar-refractivity contribution in [3.63, 3.8) is 0 Å². The first-order valence-electron chi connectivity index (χ1n) is 7.92. The molecule has 2 aliphatic carbocycles. The second-order valence-corrected chi connectivity index (χ2v) is 7.45. The van der Waals surface area contributed by atoms with E-state index in [0.29, 0.717) is 11.5 Å². The molecule has 1 saturated carbocycles. The number of anilines is 1. The van der Waals surface area contributed by atoms with Crippen molar-refractivity contribution in [2.24, 2.45) is 11.3 Å². The molecule has 0 saturated heterocycles. The maximum Gasteiger partial charge on any atom is 0.0377 e. The lowest BCUT2D eigenvalue weighted by Gasteiger charge is -2.25. The summed E-state index contributed by atoms with van der Waals surface area (Å²) in [6, 6.07) is 7.50. The van der Waals surface area contributed by atoms with E-state index in [1.165, 1.54) is 44.2 Å². The molecular formula is C18H27N. The molecule has 1 aromatic carbocycles. The minimum atomic E-state index is 0.506. The molecule has 1 N–H and O–H groups in total. The third kappa shape index (κ3) is 2.66. The van der Waals surface area contributed by atoms with Gasteiger partial charge in [0.15, 0.2) is 0 Å². The van der Waals surface area contributed by atoms with Crippen molar-refractivity contribution < 1.29 is 0 Å². The van der Waals surface area contributed by atoms with Crippen LogP contribution in [0, 0.1) is 11.3 Å². The summed E-state index contributed by atoms with van der Waals surface area (Å²) < 4.78 is 0. The van der Waals surface area contributed by atoms with Gasteiger partial charge in [0.1, 0.15) is 0 Å². The van der Waals surface area contributed by atoms with Crippen LogP contribution in [0.25, 0.3) is 0 Å². The van der Waals surface area contributed by atoms with Crippen LogP contribution >= 0.6 is 0 Å². The summed E-state index contributed by atoms with van der Waals surface area (Å²) >= 11 is 0. The van der Waals surface area contributed by atoms with Gasteiger partial charge in [-0.25, -0.2) is 0 Å². The molecule has 1 heteroatoms. The molecule has 0 aliphatic heterocycles. The summed E-state index contributed by atoms with van der Waals surface area (Å²) in [5.41, 5.74) is 5.12. The molecular weight excluding hydrogens is 230 g/mol. The summed E-state index contributed by atoms with van der Waals surface area (Å²) in [6.45, 7) is 7.22. The fourth-order valence-corrected chi connectivity index (χ4v) is 4.20. The Balaban J connectivity index is 1.80. The number of hydrogen-bond acceptors (Lipinski definition) is 1. The topological polar surface area (TPSA) is 12.0 Å². The van der Waals surface area contributed by atoms with Crippen LogP contribution in [-0.2, 0) is 12.8 Å². The first kappa shape index (κ1) is 13.0. The molecule has 1 aromatic rings. The molecule has 1 nitrogen and oxygen atoms in total. The van der Waals surface area contributed by atoms with Crippen molar-refractivity contribution in [3.8, 4) is 0 Å². The molecule has 104 valence electrons. The SMILES string of the molecule is CC1CC(C)(C)CC1Nc1cccc2c1CCCC2. The highest BCUT2D eigenvalue weighted by molar-refractivity contribution is 5.56. The molecule has 0 aromatic heterocycles. The average Bonchev–Trinajstić information content (AvgIpc) is 2.63. The van der Waals surface area contributed by atoms with Crippen LogP contribution in [0.1, 0.15) is 57.6 Å². The van der Waals surface area contributed by atoms with Gasteiger partial charge in [0, 0.05) is 11.7 Å². The van der Waals surface area contributed by atoms with Gasteiger partial charge in [0.25, 0.3) is 0 Å². The fraction of sp³-hybridized carbons (Fsp3) is 0.667. The lowest BCUT2D eigenvalue weighted by atomic mass is 9.90. The Bertz CT molecular complexity index is 461. The number of fused-ring (bicyclic) bond motifs is 1. The molecule has 3 rings (SSSR count). The van der Waals surface area contributed by atoms with Crippen LogP contribution in [0.15, 0.2) is 18.2 Å². The third-order valence-electron chi connectivity index (χ3n) is 5.07. The minimum absolute atomic E-state index is 0.506. The van der Waals surface area contributed by atoms with Crippen LogP contribution in [0.3, 0.4) is 0 Å². The van der Waals surface area contributed by atoms with Crippen LogP contribution in [0.5, 0.6) is 0 Å². The van der Waals surface area contributed by atoms with E-state index < -0.39 is 0 Å². The van der Waals surface area contributed by atoms with Gasteiger partial charge in [-0.2, -0.15) is 0 Å². The van der Waals surface area contributed by atoms with E-state index in [4.69, 9.17) is 0 Å². The predicted molar refractivity (Wildman–Crippen MR) is 82.7 cm³/mol. The Labute approximate surface area is 117 Å². The van der Waals surface area contributed by atoms with Crippen LogP contribution < -0.4 is 5.32 Å². The highest BCUT2D eigenvalue weighted by atomic mass is 14.9. The average molecular weight is 257 g/mol. The van der Waals surface area contributed by atoms with E-state index in [-0.39, 0.29) is 0 Å². The van der Waals surface area contributed by atoms with Gasteiger partial charge in [-0.15, -0.1) is 0 Å². The zero-order chi connectivity index (χ0) is 13.5. The number of hydrogen-bond donors (Lipinski definition) is 1. The quantitative estimate of drug-likeness (QED) is 0.802. The molecule has 0 spiro atoms. The molecule has 2 aliphatic rings. The van der Waals surface area contributed by atoms with Crippen molar-refractivity contribution in [1.29, 1.82) is 0 Å². The fourth-order valence-electron chi connectivity index (χ4n) is 4.20. The normalized spacial score (nSPS) is 29.0. The maximum atomic E-state index is 3.87. The number of nitrogens with one attached hydrogen (secondary N) is 1. The molecule has 0 heterocycles. The highest BCUT2D eigenvalue weighted by Crippen LogP contribution is 2.42. The Hall–Kier alpha value is -0.980. The van der Waals surface area contributed by atoms with E-state index in [2.05, 4.69) is 44.3 Å². The van der Waals surface area contributed by atoms with Crippen molar-refractivity contribution in [2.45, 2.75) is 65.3 Å². The number of benzene rings is 1. The first-order valence-corrected chi connectivity index (χ1v) is 7.92. The van der Waals surface area contributed by atoms with Gasteiger partial charge in [0.05, 0.1) is 0 Å². The predicted octanol–water partition coefficient (Wildman–Crippen LogP) is 4.80. The van der Waals surface area contributed by atoms with Crippen molar-refractivity contribution in [3.05, 3.63) is 29.3 Å². The molecule has 0 amide bonds. The highest BCUT2D eigenvalue weighted by Gasteiger charge is 2.36. The van der Waals surface area contributed by atoms with Gasteiger partial charge in [-0.05, 0) is 67.1 Å².